The number of ether oxygens (including phenoxy) is 2. The fourth-order valence-electron chi connectivity index (χ4n) is 1.16. The van der Waals surface area contributed by atoms with Gasteiger partial charge in [-0.05, 0) is 19.3 Å². The normalized spacial score (nSPS) is 20.2. The van der Waals surface area contributed by atoms with Gasteiger partial charge in [-0.3, -0.25) is 0 Å². The highest BCUT2D eigenvalue weighted by molar-refractivity contribution is 4.86. The first-order valence-electron chi connectivity index (χ1n) is 6.90. The number of hydrogen-bond donors (Lipinski definition) is 4. The Kier molecular flexibility index (Phi) is 8.16. The molecule has 0 aromatic carbocycles. The molecular weight excluding hydrogens is 264 g/mol. The molecule has 6 heteroatoms. The first kappa shape index (κ1) is 19.8. The van der Waals surface area contributed by atoms with Crippen molar-refractivity contribution in [2.75, 3.05) is 26.4 Å². The van der Waals surface area contributed by atoms with Crippen LogP contribution in [0.4, 0.5) is 0 Å². The Morgan fingerprint density at radius 1 is 1.05 bits per heavy atom. The molecule has 122 valence electrons. The van der Waals surface area contributed by atoms with E-state index in [1.807, 2.05) is 20.8 Å². The summed E-state index contributed by atoms with van der Waals surface area (Å²) in [6.07, 6.45) is -2.35. The van der Waals surface area contributed by atoms with Gasteiger partial charge in [-0.1, -0.05) is 20.8 Å². The minimum atomic E-state index is -0.996. The minimum Gasteiger partial charge on any atom is -0.394 e. The van der Waals surface area contributed by atoms with Gasteiger partial charge in [0.2, 0.25) is 0 Å². The predicted molar refractivity (Wildman–Crippen MR) is 75.4 cm³/mol. The van der Waals surface area contributed by atoms with Crippen LogP contribution in [-0.4, -0.2) is 70.8 Å². The van der Waals surface area contributed by atoms with Crippen LogP contribution in [0, 0.1) is 5.41 Å². The van der Waals surface area contributed by atoms with E-state index >= 15 is 0 Å². The highest BCUT2D eigenvalue weighted by Gasteiger charge is 2.35. The standard InChI is InChI=1S/C14H30O6/c1-10(20-7-11(16)6-15)12(17)8-19-9-14(5,18)13(2,3)4/h10-12,15-18H,6-9H2,1-5H3/t10?,11-,12?,14?/m0/s1. The summed E-state index contributed by atoms with van der Waals surface area (Å²) in [7, 11) is 0. The molecule has 6 nitrogen and oxygen atoms in total. The van der Waals surface area contributed by atoms with Crippen molar-refractivity contribution >= 4 is 0 Å². The molecule has 0 radical (unpaired) electrons. The molecule has 0 aromatic rings. The number of aliphatic hydroxyl groups excluding tert-OH is 3. The third-order valence-corrected chi connectivity index (χ3v) is 3.59. The smallest absolute Gasteiger partial charge is 0.103 e. The summed E-state index contributed by atoms with van der Waals surface area (Å²) in [4.78, 5) is 0. The van der Waals surface area contributed by atoms with Crippen molar-refractivity contribution in [1.29, 1.82) is 0 Å². The van der Waals surface area contributed by atoms with Crippen molar-refractivity contribution < 1.29 is 29.9 Å². The second kappa shape index (κ2) is 8.26. The maximum Gasteiger partial charge on any atom is 0.103 e. The molecule has 0 aliphatic rings. The summed E-state index contributed by atoms with van der Waals surface area (Å²) >= 11 is 0. The Hall–Kier alpha value is -0.240. The van der Waals surface area contributed by atoms with Crippen molar-refractivity contribution in [2.24, 2.45) is 5.41 Å². The van der Waals surface area contributed by atoms with E-state index in [0.717, 1.165) is 0 Å². The van der Waals surface area contributed by atoms with Gasteiger partial charge in [0.25, 0.3) is 0 Å². The van der Waals surface area contributed by atoms with Crippen LogP contribution in [0.1, 0.15) is 34.6 Å². The molecule has 0 bridgehead atoms. The van der Waals surface area contributed by atoms with Crippen LogP contribution in [-0.2, 0) is 9.47 Å². The molecule has 0 rings (SSSR count). The van der Waals surface area contributed by atoms with Crippen molar-refractivity contribution in [3.05, 3.63) is 0 Å². The van der Waals surface area contributed by atoms with Gasteiger partial charge >= 0.3 is 0 Å². The van der Waals surface area contributed by atoms with Crippen LogP contribution in [0.2, 0.25) is 0 Å². The summed E-state index contributed by atoms with van der Waals surface area (Å²) in [6, 6.07) is 0. The zero-order valence-corrected chi connectivity index (χ0v) is 13.2. The van der Waals surface area contributed by atoms with Gasteiger partial charge in [0.15, 0.2) is 0 Å². The quantitative estimate of drug-likeness (QED) is 0.475. The van der Waals surface area contributed by atoms with Crippen molar-refractivity contribution in [2.45, 2.75) is 58.5 Å². The number of rotatable bonds is 9. The molecule has 0 aromatic heterocycles. The van der Waals surface area contributed by atoms with E-state index in [2.05, 4.69) is 0 Å². The van der Waals surface area contributed by atoms with E-state index in [-0.39, 0.29) is 31.8 Å². The lowest BCUT2D eigenvalue weighted by molar-refractivity contribution is -0.129. The van der Waals surface area contributed by atoms with E-state index in [0.29, 0.717) is 0 Å². The van der Waals surface area contributed by atoms with Crippen LogP contribution in [0.3, 0.4) is 0 Å². The van der Waals surface area contributed by atoms with Crippen LogP contribution in [0.15, 0.2) is 0 Å². The van der Waals surface area contributed by atoms with Crippen LogP contribution < -0.4 is 0 Å². The second-order valence-corrected chi connectivity index (χ2v) is 6.48. The highest BCUT2D eigenvalue weighted by Crippen LogP contribution is 2.29. The molecule has 4 atom stereocenters. The van der Waals surface area contributed by atoms with Crippen molar-refractivity contribution in [3.63, 3.8) is 0 Å². The average molecular weight is 294 g/mol. The van der Waals surface area contributed by atoms with Gasteiger partial charge < -0.3 is 29.9 Å². The van der Waals surface area contributed by atoms with E-state index in [1.165, 1.54) is 0 Å². The largest absolute Gasteiger partial charge is 0.394 e. The second-order valence-electron chi connectivity index (χ2n) is 6.48. The van der Waals surface area contributed by atoms with Gasteiger partial charge in [0.1, 0.15) is 12.2 Å². The Morgan fingerprint density at radius 2 is 1.60 bits per heavy atom. The number of hydrogen-bond acceptors (Lipinski definition) is 6. The van der Waals surface area contributed by atoms with Crippen LogP contribution in [0.25, 0.3) is 0 Å². The van der Waals surface area contributed by atoms with Crippen molar-refractivity contribution in [3.8, 4) is 0 Å². The third-order valence-electron chi connectivity index (χ3n) is 3.59. The Bertz CT molecular complexity index is 261. The lowest BCUT2D eigenvalue weighted by Crippen LogP contribution is -2.45. The van der Waals surface area contributed by atoms with Gasteiger partial charge in [-0.25, -0.2) is 0 Å². The first-order valence-corrected chi connectivity index (χ1v) is 6.90. The molecule has 3 unspecified atom stereocenters. The van der Waals surface area contributed by atoms with Crippen LogP contribution >= 0.6 is 0 Å². The molecule has 0 fully saturated rings. The third kappa shape index (κ3) is 6.97. The average Bonchev–Trinajstić information content (AvgIpc) is 2.33. The minimum absolute atomic E-state index is 0.0304. The molecule has 20 heavy (non-hydrogen) atoms. The predicted octanol–water partition coefficient (Wildman–Crippen LogP) is -0.0807. The molecule has 4 N–H and O–H groups in total. The summed E-state index contributed by atoms with van der Waals surface area (Å²) in [5.74, 6) is 0. The number of aliphatic hydroxyl groups is 4. The zero-order chi connectivity index (χ0) is 16.0. The molecule has 0 saturated carbocycles. The van der Waals surface area contributed by atoms with E-state index < -0.39 is 23.9 Å². The lowest BCUT2D eigenvalue weighted by atomic mass is 9.78. The fraction of sp³-hybridized carbons (Fsp3) is 1.00. The Morgan fingerprint density at radius 3 is 2.05 bits per heavy atom. The lowest BCUT2D eigenvalue weighted by Gasteiger charge is -2.37. The van der Waals surface area contributed by atoms with E-state index in [4.69, 9.17) is 19.7 Å². The SMILES string of the molecule is CC(OC[C@@H](O)CO)C(O)COCC(C)(O)C(C)(C)C. The first-order chi connectivity index (χ1) is 9.01. The molecule has 0 heterocycles. The van der Waals surface area contributed by atoms with Crippen molar-refractivity contribution in [1.82, 2.24) is 0 Å². The summed E-state index contributed by atoms with van der Waals surface area (Å²) < 4.78 is 10.6. The van der Waals surface area contributed by atoms with Gasteiger partial charge in [0.05, 0.1) is 38.1 Å². The van der Waals surface area contributed by atoms with Gasteiger partial charge in [-0.15, -0.1) is 0 Å². The topological polar surface area (TPSA) is 99.4 Å². The Balaban J connectivity index is 4.01. The monoisotopic (exact) mass is 294 g/mol. The Labute approximate surface area is 121 Å². The van der Waals surface area contributed by atoms with Crippen LogP contribution in [0.5, 0.6) is 0 Å². The summed E-state index contributed by atoms with van der Waals surface area (Å²) in [6.45, 7) is 8.79. The fourth-order valence-corrected chi connectivity index (χ4v) is 1.16. The zero-order valence-electron chi connectivity index (χ0n) is 13.2. The van der Waals surface area contributed by atoms with E-state index in [1.54, 1.807) is 13.8 Å². The molecule has 0 spiro atoms. The van der Waals surface area contributed by atoms with Gasteiger partial charge in [-0.2, -0.15) is 0 Å². The molecule has 0 aliphatic heterocycles. The summed E-state index contributed by atoms with van der Waals surface area (Å²) in [5, 5.41) is 37.8. The molecular formula is C14H30O6. The molecule has 0 amide bonds. The summed E-state index contributed by atoms with van der Waals surface area (Å²) in [5.41, 5.74) is -1.32. The van der Waals surface area contributed by atoms with E-state index in [9.17, 15) is 10.2 Å². The highest BCUT2D eigenvalue weighted by atomic mass is 16.5. The van der Waals surface area contributed by atoms with Gasteiger partial charge in [0, 0.05) is 0 Å². The maximum absolute atomic E-state index is 10.2. The molecule has 0 saturated heterocycles. The maximum atomic E-state index is 10.2. The molecule has 0 aliphatic carbocycles.